The summed E-state index contributed by atoms with van der Waals surface area (Å²) in [6.07, 6.45) is 5.93. The Morgan fingerprint density at radius 2 is 1.76 bits per heavy atom. The van der Waals surface area contributed by atoms with Gasteiger partial charge >= 0.3 is 5.97 Å². The zero-order valence-electron chi connectivity index (χ0n) is 18.9. The molecule has 0 aliphatic rings. The van der Waals surface area contributed by atoms with E-state index in [0.717, 1.165) is 16.7 Å². The van der Waals surface area contributed by atoms with Gasteiger partial charge in [0.15, 0.2) is 5.60 Å². The van der Waals surface area contributed by atoms with Crippen LogP contribution in [0.1, 0.15) is 46.1 Å². The molecule has 6 nitrogen and oxygen atoms in total. The van der Waals surface area contributed by atoms with Gasteiger partial charge in [-0.1, -0.05) is 73.2 Å². The summed E-state index contributed by atoms with van der Waals surface area (Å²) in [6.45, 7) is 4.12. The molecule has 1 heterocycles. The molecule has 1 atom stereocenters. The maximum absolute atomic E-state index is 12.8. The number of aromatic nitrogens is 1. The molecular formula is C27H29NO5. The first-order chi connectivity index (χ1) is 15.8. The van der Waals surface area contributed by atoms with E-state index in [1.54, 1.807) is 6.92 Å². The van der Waals surface area contributed by atoms with Crippen molar-refractivity contribution in [1.29, 1.82) is 0 Å². The quantitative estimate of drug-likeness (QED) is 0.423. The Hall–Kier alpha value is -3.48. The fraction of sp³-hybridized carbons (Fsp3) is 0.259. The van der Waals surface area contributed by atoms with E-state index >= 15 is 0 Å². The van der Waals surface area contributed by atoms with Crippen molar-refractivity contribution in [3.63, 3.8) is 0 Å². The molecule has 0 spiro atoms. The van der Waals surface area contributed by atoms with Crippen molar-refractivity contribution in [2.45, 2.75) is 39.0 Å². The number of benzene rings is 2. The summed E-state index contributed by atoms with van der Waals surface area (Å²) in [5.41, 5.74) is 2.44. The molecule has 0 fully saturated rings. The number of ketones is 1. The number of carbonyl (C=O) groups is 2. The minimum atomic E-state index is -1.86. The van der Waals surface area contributed by atoms with Crippen LogP contribution in [0, 0.1) is 6.92 Å². The summed E-state index contributed by atoms with van der Waals surface area (Å²) >= 11 is 0. The Morgan fingerprint density at radius 3 is 2.39 bits per heavy atom. The number of hydrogen-bond acceptors (Lipinski definition) is 4. The van der Waals surface area contributed by atoms with Crippen molar-refractivity contribution in [2.75, 3.05) is 6.61 Å². The highest BCUT2D eigenvalue weighted by atomic mass is 16.5. The molecule has 0 aliphatic heterocycles. The highest BCUT2D eigenvalue weighted by Crippen LogP contribution is 2.15. The van der Waals surface area contributed by atoms with Crippen LogP contribution >= 0.6 is 0 Å². The van der Waals surface area contributed by atoms with Crippen LogP contribution in [0.25, 0.3) is 6.08 Å². The number of aliphatic hydroxyl groups is 1. The number of hydrogen-bond donors (Lipinski definition) is 2. The van der Waals surface area contributed by atoms with Crippen molar-refractivity contribution in [3.8, 4) is 0 Å². The molecular weight excluding hydrogens is 418 g/mol. The van der Waals surface area contributed by atoms with Gasteiger partial charge in [0.25, 0.3) is 0 Å². The number of ether oxygens (including phenoxy) is 1. The van der Waals surface area contributed by atoms with Gasteiger partial charge in [-0.25, -0.2) is 4.79 Å². The Labute approximate surface area is 193 Å². The van der Waals surface area contributed by atoms with E-state index in [-0.39, 0.29) is 25.4 Å². The normalized spacial score (nSPS) is 13.2. The average Bonchev–Trinajstić information content (AvgIpc) is 3.28. The van der Waals surface area contributed by atoms with Crippen LogP contribution in [-0.2, 0) is 22.7 Å². The minimum absolute atomic E-state index is 0.00405. The van der Waals surface area contributed by atoms with Crippen LogP contribution in [0.3, 0.4) is 0 Å². The third-order valence-corrected chi connectivity index (χ3v) is 5.56. The maximum Gasteiger partial charge on any atom is 0.338 e. The number of carbonyl (C=O) groups excluding carboxylic acids is 1. The smallest absolute Gasteiger partial charge is 0.338 e. The van der Waals surface area contributed by atoms with Gasteiger partial charge in [0, 0.05) is 18.3 Å². The summed E-state index contributed by atoms with van der Waals surface area (Å²) in [6, 6.07) is 18.9. The molecule has 0 saturated carbocycles. The predicted octanol–water partition coefficient (Wildman–Crippen LogP) is 4.48. The highest BCUT2D eigenvalue weighted by Gasteiger charge is 2.34. The lowest BCUT2D eigenvalue weighted by molar-refractivity contribution is -0.166. The molecule has 0 saturated heterocycles. The monoisotopic (exact) mass is 447 g/mol. The van der Waals surface area contributed by atoms with Crippen LogP contribution in [-0.4, -0.2) is 38.7 Å². The van der Waals surface area contributed by atoms with E-state index in [1.165, 1.54) is 0 Å². The summed E-state index contributed by atoms with van der Waals surface area (Å²) in [4.78, 5) is 23.9. The lowest BCUT2D eigenvalue weighted by atomic mass is 10.0. The fourth-order valence-corrected chi connectivity index (χ4v) is 3.31. The summed E-state index contributed by atoms with van der Waals surface area (Å²) in [5, 5.41) is 19.0. The molecule has 0 bridgehead atoms. The molecule has 0 amide bonds. The van der Waals surface area contributed by atoms with E-state index in [0.29, 0.717) is 17.8 Å². The van der Waals surface area contributed by atoms with Gasteiger partial charge in [0.1, 0.15) is 0 Å². The largest absolute Gasteiger partial charge is 0.479 e. The van der Waals surface area contributed by atoms with E-state index < -0.39 is 11.6 Å². The van der Waals surface area contributed by atoms with Gasteiger partial charge in [-0.3, -0.25) is 4.79 Å². The molecule has 2 aromatic carbocycles. The second-order valence-electron chi connectivity index (χ2n) is 8.07. The number of rotatable bonds is 11. The highest BCUT2D eigenvalue weighted by molar-refractivity contribution is 6.08. The molecule has 0 radical (unpaired) electrons. The molecule has 3 aromatic rings. The van der Waals surface area contributed by atoms with Crippen molar-refractivity contribution < 1.29 is 24.5 Å². The number of aliphatic carboxylic acids is 1. The third-order valence-electron chi connectivity index (χ3n) is 5.56. The molecule has 0 aliphatic carbocycles. The molecule has 1 aromatic heterocycles. The van der Waals surface area contributed by atoms with E-state index in [2.05, 4.69) is 0 Å². The topological polar surface area (TPSA) is 88.8 Å². The Bertz CT molecular complexity index is 1110. The van der Waals surface area contributed by atoms with Crippen molar-refractivity contribution >= 4 is 17.8 Å². The van der Waals surface area contributed by atoms with Gasteiger partial charge in [0.05, 0.1) is 18.9 Å². The van der Waals surface area contributed by atoms with Gasteiger partial charge in [0.2, 0.25) is 5.78 Å². The van der Waals surface area contributed by atoms with Crippen LogP contribution in [0.5, 0.6) is 0 Å². The summed E-state index contributed by atoms with van der Waals surface area (Å²) in [7, 11) is 0. The van der Waals surface area contributed by atoms with Crippen molar-refractivity contribution in [2.24, 2.45) is 0 Å². The zero-order valence-corrected chi connectivity index (χ0v) is 18.9. The number of aryl methyl sites for hydroxylation is 1. The van der Waals surface area contributed by atoms with Crippen LogP contribution in [0.15, 0.2) is 72.9 Å². The molecule has 2 N–H and O–H groups in total. The standard InChI is InChI=1S/C27H29NO5/c1-3-27(32,26(30)31)19-33-18-22-12-10-21(11-13-22)6-4-16-28-17-5-7-24(28)25(29)23-14-8-20(2)9-15-23/h4-15,17,32H,3,16,18-19H2,1-2H3,(H,30,31)/b6-4+/t27-/m1/s1. The number of carboxylic acid groups (broad SMARTS) is 1. The number of allylic oxidation sites excluding steroid dienone is 1. The lowest BCUT2D eigenvalue weighted by Gasteiger charge is -2.21. The zero-order chi connectivity index (χ0) is 23.8. The third kappa shape index (κ3) is 6.28. The van der Waals surface area contributed by atoms with Crippen LogP contribution < -0.4 is 0 Å². The number of carboxylic acids is 1. The fourth-order valence-electron chi connectivity index (χ4n) is 3.31. The van der Waals surface area contributed by atoms with Gasteiger partial charge in [-0.2, -0.15) is 0 Å². The van der Waals surface area contributed by atoms with Gasteiger partial charge in [-0.05, 0) is 36.6 Å². The molecule has 33 heavy (non-hydrogen) atoms. The predicted molar refractivity (Wildman–Crippen MR) is 127 cm³/mol. The first-order valence-corrected chi connectivity index (χ1v) is 10.9. The Kier molecular flexibility index (Phi) is 7.98. The molecule has 0 unspecified atom stereocenters. The van der Waals surface area contributed by atoms with Gasteiger partial charge < -0.3 is 19.5 Å². The summed E-state index contributed by atoms with van der Waals surface area (Å²) in [5.74, 6) is -1.28. The average molecular weight is 448 g/mol. The van der Waals surface area contributed by atoms with E-state index in [4.69, 9.17) is 9.84 Å². The van der Waals surface area contributed by atoms with Crippen molar-refractivity contribution in [3.05, 3.63) is 101 Å². The Morgan fingerprint density at radius 1 is 1.06 bits per heavy atom. The van der Waals surface area contributed by atoms with Crippen LogP contribution in [0.4, 0.5) is 0 Å². The van der Waals surface area contributed by atoms with Gasteiger partial charge in [-0.15, -0.1) is 0 Å². The second kappa shape index (κ2) is 10.9. The SMILES string of the molecule is CC[C@@](O)(COCc1ccc(/C=C/Cn2cccc2C(=O)c2ccc(C)cc2)cc1)C(=O)O. The second-order valence-corrected chi connectivity index (χ2v) is 8.07. The minimum Gasteiger partial charge on any atom is -0.479 e. The van der Waals surface area contributed by atoms with Crippen LogP contribution in [0.2, 0.25) is 0 Å². The van der Waals surface area contributed by atoms with Crippen molar-refractivity contribution in [1.82, 2.24) is 4.57 Å². The molecule has 6 heteroatoms. The molecule has 3 rings (SSSR count). The maximum atomic E-state index is 12.8. The lowest BCUT2D eigenvalue weighted by Crippen LogP contribution is -2.42. The van der Waals surface area contributed by atoms with E-state index in [9.17, 15) is 14.7 Å². The first kappa shape index (κ1) is 24.2. The molecule has 172 valence electrons. The van der Waals surface area contributed by atoms with E-state index in [1.807, 2.05) is 90.5 Å². The number of nitrogens with zero attached hydrogens (tertiary/aromatic N) is 1. The first-order valence-electron chi connectivity index (χ1n) is 10.9. The Balaban J connectivity index is 1.55. The summed E-state index contributed by atoms with van der Waals surface area (Å²) < 4.78 is 7.32.